The van der Waals surface area contributed by atoms with E-state index in [-0.39, 0.29) is 5.56 Å². The number of esters is 1. The van der Waals surface area contributed by atoms with Gasteiger partial charge in [0, 0.05) is 17.6 Å². The first-order chi connectivity index (χ1) is 13.0. The molecule has 2 amide bonds. The van der Waals surface area contributed by atoms with Crippen molar-refractivity contribution >= 4 is 41.1 Å². The van der Waals surface area contributed by atoms with Gasteiger partial charge in [-0.2, -0.15) is 0 Å². The maximum Gasteiger partial charge on any atom is 0.413 e. The quantitative estimate of drug-likeness (QED) is 0.603. The molecule has 0 saturated carbocycles. The molecular weight excluding hydrogens is 368 g/mol. The molecule has 1 N–H and O–H groups in total. The van der Waals surface area contributed by atoms with Crippen LogP contribution in [0.25, 0.3) is 0 Å². The van der Waals surface area contributed by atoms with Crippen LogP contribution in [0.1, 0.15) is 10.4 Å². The fourth-order valence-corrected chi connectivity index (χ4v) is 2.66. The van der Waals surface area contributed by atoms with E-state index in [1.165, 1.54) is 25.1 Å². The Balaban J connectivity index is 1.99. The van der Waals surface area contributed by atoms with E-state index in [0.29, 0.717) is 11.4 Å². The monoisotopic (exact) mass is 388 g/mol. The molecule has 2 rings (SSSR count). The molecule has 0 aromatic heterocycles. The summed E-state index contributed by atoms with van der Waals surface area (Å²) in [5.41, 5.74) is 1.09. The average molecular weight is 388 g/mol. The van der Waals surface area contributed by atoms with Gasteiger partial charge in [0.1, 0.15) is 0 Å². The highest BCUT2D eigenvalue weighted by Crippen LogP contribution is 2.21. The van der Waals surface area contributed by atoms with Crippen LogP contribution in [0.4, 0.5) is 16.2 Å². The Morgan fingerprint density at radius 1 is 1.07 bits per heavy atom. The van der Waals surface area contributed by atoms with Gasteiger partial charge in [-0.15, -0.1) is 11.8 Å². The first kappa shape index (κ1) is 20.3. The van der Waals surface area contributed by atoms with E-state index in [0.717, 1.165) is 4.90 Å². The number of nitrogens with one attached hydrogen (secondary N) is 1. The van der Waals surface area contributed by atoms with Gasteiger partial charge in [-0.3, -0.25) is 9.69 Å². The van der Waals surface area contributed by atoms with Crippen LogP contribution in [-0.4, -0.2) is 45.0 Å². The van der Waals surface area contributed by atoms with Crippen molar-refractivity contribution in [2.75, 3.05) is 37.2 Å². The highest BCUT2D eigenvalue weighted by Gasteiger charge is 2.20. The van der Waals surface area contributed by atoms with E-state index < -0.39 is 24.6 Å². The summed E-state index contributed by atoms with van der Waals surface area (Å²) in [5.74, 6) is -1.17. The average Bonchev–Trinajstić information content (AvgIpc) is 2.71. The predicted molar refractivity (Wildman–Crippen MR) is 104 cm³/mol. The summed E-state index contributed by atoms with van der Waals surface area (Å²) in [4.78, 5) is 38.3. The van der Waals surface area contributed by atoms with Crippen LogP contribution in [0, 0.1) is 0 Å². The minimum Gasteiger partial charge on any atom is -0.452 e. The molecule has 0 fully saturated rings. The summed E-state index contributed by atoms with van der Waals surface area (Å²) in [7, 11) is 2.72. The number of para-hydroxylation sites is 1. The summed E-state index contributed by atoms with van der Waals surface area (Å²) < 4.78 is 9.73. The molecule has 0 unspecified atom stereocenters. The fraction of sp³-hybridized carbons (Fsp3) is 0.211. The van der Waals surface area contributed by atoms with Gasteiger partial charge in [0.25, 0.3) is 5.91 Å². The number of hydrogen-bond acceptors (Lipinski definition) is 6. The highest BCUT2D eigenvalue weighted by atomic mass is 32.2. The van der Waals surface area contributed by atoms with Gasteiger partial charge in [0.15, 0.2) is 6.61 Å². The number of nitrogens with zero attached hydrogens (tertiary/aromatic N) is 1. The minimum absolute atomic E-state index is 0.155. The second-order valence-corrected chi connectivity index (χ2v) is 6.28. The lowest BCUT2D eigenvalue weighted by Crippen LogP contribution is -2.28. The van der Waals surface area contributed by atoms with E-state index >= 15 is 0 Å². The van der Waals surface area contributed by atoms with Crippen molar-refractivity contribution in [1.82, 2.24) is 0 Å². The van der Waals surface area contributed by atoms with E-state index in [1.54, 1.807) is 42.1 Å². The van der Waals surface area contributed by atoms with Crippen molar-refractivity contribution in [2.45, 2.75) is 4.90 Å². The van der Waals surface area contributed by atoms with E-state index in [2.05, 4.69) is 10.1 Å². The van der Waals surface area contributed by atoms with Gasteiger partial charge in [0.2, 0.25) is 0 Å². The van der Waals surface area contributed by atoms with Crippen LogP contribution in [0.2, 0.25) is 0 Å². The minimum atomic E-state index is -0.714. The Morgan fingerprint density at radius 2 is 1.74 bits per heavy atom. The zero-order valence-electron chi connectivity index (χ0n) is 15.2. The molecule has 7 nitrogen and oxygen atoms in total. The number of carbonyl (C=O) groups excluding carboxylic acids is 3. The number of rotatable bonds is 6. The second kappa shape index (κ2) is 9.63. The third-order valence-electron chi connectivity index (χ3n) is 3.64. The molecule has 0 saturated heterocycles. The standard InChI is InChI=1S/C19H20N2O5S/c1-21(19(24)25-2)16-7-5-4-6-15(16)18(23)26-12-17(22)20-13-8-10-14(27-3)11-9-13/h4-11H,12H2,1-3H3,(H,20,22). The Labute approximate surface area is 161 Å². The van der Waals surface area contributed by atoms with Crippen molar-refractivity contribution in [3.05, 3.63) is 54.1 Å². The van der Waals surface area contributed by atoms with Crippen LogP contribution >= 0.6 is 11.8 Å². The van der Waals surface area contributed by atoms with Gasteiger partial charge in [-0.05, 0) is 42.7 Å². The van der Waals surface area contributed by atoms with E-state index in [9.17, 15) is 14.4 Å². The van der Waals surface area contributed by atoms with Gasteiger partial charge < -0.3 is 14.8 Å². The Kier molecular flexibility index (Phi) is 7.25. The predicted octanol–water partition coefficient (Wildman–Crippen LogP) is 3.41. The third-order valence-corrected chi connectivity index (χ3v) is 4.39. The summed E-state index contributed by atoms with van der Waals surface area (Å²) in [5, 5.41) is 2.65. The van der Waals surface area contributed by atoms with Crippen LogP contribution in [0.3, 0.4) is 0 Å². The summed E-state index contributed by atoms with van der Waals surface area (Å²) in [6, 6.07) is 13.7. The number of benzene rings is 2. The molecule has 27 heavy (non-hydrogen) atoms. The lowest BCUT2D eigenvalue weighted by molar-refractivity contribution is -0.119. The van der Waals surface area contributed by atoms with Crippen molar-refractivity contribution in [3.8, 4) is 0 Å². The number of thioether (sulfide) groups is 1. The molecule has 0 bridgehead atoms. The maximum atomic E-state index is 12.3. The van der Waals surface area contributed by atoms with Crippen molar-refractivity contribution in [2.24, 2.45) is 0 Å². The van der Waals surface area contributed by atoms with Gasteiger partial charge in [-0.1, -0.05) is 12.1 Å². The first-order valence-electron chi connectivity index (χ1n) is 7.98. The molecule has 0 aliphatic heterocycles. The van der Waals surface area contributed by atoms with Crippen LogP contribution < -0.4 is 10.2 Å². The molecule has 0 radical (unpaired) electrons. The summed E-state index contributed by atoms with van der Waals surface area (Å²) in [6.07, 6.45) is 1.34. The lowest BCUT2D eigenvalue weighted by atomic mass is 10.1. The molecule has 142 valence electrons. The van der Waals surface area contributed by atoms with Crippen molar-refractivity contribution < 1.29 is 23.9 Å². The Bertz CT molecular complexity index is 823. The Morgan fingerprint density at radius 3 is 2.37 bits per heavy atom. The Hall–Kier alpha value is -3.00. The molecule has 8 heteroatoms. The zero-order valence-corrected chi connectivity index (χ0v) is 16.0. The third kappa shape index (κ3) is 5.49. The van der Waals surface area contributed by atoms with Crippen LogP contribution in [0.15, 0.2) is 53.4 Å². The molecular formula is C19H20N2O5S. The highest BCUT2D eigenvalue weighted by molar-refractivity contribution is 7.98. The van der Waals surface area contributed by atoms with Crippen LogP contribution in [-0.2, 0) is 14.3 Å². The number of methoxy groups -OCH3 is 1. The molecule has 0 aliphatic rings. The number of hydrogen-bond donors (Lipinski definition) is 1. The molecule has 0 aliphatic carbocycles. The van der Waals surface area contributed by atoms with Crippen molar-refractivity contribution in [3.63, 3.8) is 0 Å². The fourth-order valence-electron chi connectivity index (χ4n) is 2.25. The SMILES string of the molecule is COC(=O)N(C)c1ccccc1C(=O)OCC(=O)Nc1ccc(SC)cc1. The van der Waals surface area contributed by atoms with Gasteiger partial charge >= 0.3 is 12.1 Å². The normalized spacial score (nSPS) is 10.0. The second-order valence-electron chi connectivity index (χ2n) is 5.40. The summed E-state index contributed by atoms with van der Waals surface area (Å²) in [6.45, 7) is -0.445. The number of amides is 2. The van der Waals surface area contributed by atoms with Crippen LogP contribution in [0.5, 0.6) is 0 Å². The lowest BCUT2D eigenvalue weighted by Gasteiger charge is -2.18. The molecule has 2 aromatic rings. The zero-order chi connectivity index (χ0) is 19.8. The molecule has 0 spiro atoms. The molecule has 2 aromatic carbocycles. The molecule has 0 atom stereocenters. The number of carbonyl (C=O) groups is 3. The maximum absolute atomic E-state index is 12.3. The largest absolute Gasteiger partial charge is 0.452 e. The van der Waals surface area contributed by atoms with Gasteiger partial charge in [0.05, 0.1) is 18.4 Å². The van der Waals surface area contributed by atoms with Crippen molar-refractivity contribution in [1.29, 1.82) is 0 Å². The summed E-state index contributed by atoms with van der Waals surface area (Å²) >= 11 is 1.60. The number of anilines is 2. The van der Waals surface area contributed by atoms with E-state index in [1.807, 2.05) is 18.4 Å². The van der Waals surface area contributed by atoms with E-state index in [4.69, 9.17) is 4.74 Å². The molecule has 0 heterocycles. The first-order valence-corrected chi connectivity index (χ1v) is 9.20. The topological polar surface area (TPSA) is 84.9 Å². The number of ether oxygens (including phenoxy) is 2. The smallest absolute Gasteiger partial charge is 0.413 e. The van der Waals surface area contributed by atoms with Gasteiger partial charge in [-0.25, -0.2) is 9.59 Å².